The van der Waals surface area contributed by atoms with Gasteiger partial charge in [-0.1, -0.05) is 95.2 Å². The summed E-state index contributed by atoms with van der Waals surface area (Å²) in [6.45, 7) is 26.1. The summed E-state index contributed by atoms with van der Waals surface area (Å²) in [5.41, 5.74) is 5.99. The molecule has 0 saturated carbocycles. The van der Waals surface area contributed by atoms with Crippen LogP contribution in [-0.2, 0) is 32.6 Å². The van der Waals surface area contributed by atoms with Crippen molar-refractivity contribution in [2.75, 3.05) is 0 Å². The average Bonchev–Trinajstić information content (AvgIpc) is 2.58. The van der Waals surface area contributed by atoms with Crippen LogP contribution in [0.5, 0.6) is 11.5 Å². The molecule has 2 aromatic rings. The van der Waals surface area contributed by atoms with Crippen molar-refractivity contribution in [1.82, 2.24) is 0 Å². The third-order valence-electron chi connectivity index (χ3n) is 6.44. The molecule has 0 amide bonds. The first kappa shape index (κ1) is 26.8. The highest BCUT2D eigenvalue weighted by Crippen LogP contribution is 2.52. The monoisotopic (exact) mass is 486 g/mol. The lowest BCUT2D eigenvalue weighted by Crippen LogP contribution is -2.24. The molecule has 1 heterocycles. The molecule has 0 radical (unpaired) electrons. The molecule has 4 nitrogen and oxygen atoms in total. The number of rotatable bonds is 0. The summed E-state index contributed by atoms with van der Waals surface area (Å²) in [5, 5.41) is 0. The molecule has 0 aliphatic carbocycles. The first-order chi connectivity index (χ1) is 15.1. The number of fused-ring (bicyclic) bond motifs is 2. The number of hydrogen-bond donors (Lipinski definition) is 1. The Morgan fingerprint density at radius 1 is 0.588 bits per heavy atom. The standard InChI is InChI=1S/C29H43O4P/c1-26(2,3)20-14-18-13-19-15-21(27(4,5)6)23(29(10,11)12)17-25(19)33-34(30,31)32-24(18)16-22(20)28(7,8)9/h14-17H,13H2,1-12H3,(H,30,31). The fourth-order valence-corrected chi connectivity index (χ4v) is 5.52. The van der Waals surface area contributed by atoms with Crippen LogP contribution < -0.4 is 9.05 Å². The summed E-state index contributed by atoms with van der Waals surface area (Å²) >= 11 is 0. The third kappa shape index (κ3) is 5.55. The zero-order valence-corrected chi connectivity index (χ0v) is 24.0. The van der Waals surface area contributed by atoms with E-state index in [0.717, 1.165) is 22.3 Å². The molecule has 3 rings (SSSR count). The molecule has 1 aliphatic heterocycles. The van der Waals surface area contributed by atoms with E-state index in [9.17, 15) is 9.46 Å². The number of benzene rings is 2. The van der Waals surface area contributed by atoms with Crippen LogP contribution in [0.1, 0.15) is 116 Å². The first-order valence-corrected chi connectivity index (χ1v) is 13.7. The van der Waals surface area contributed by atoms with E-state index >= 15 is 0 Å². The van der Waals surface area contributed by atoms with E-state index in [1.807, 2.05) is 12.1 Å². The second kappa shape index (κ2) is 8.14. The minimum atomic E-state index is -4.38. The topological polar surface area (TPSA) is 55.8 Å². The minimum absolute atomic E-state index is 0.0884. The maximum atomic E-state index is 13.1. The molecule has 34 heavy (non-hydrogen) atoms. The highest BCUT2D eigenvalue weighted by Gasteiger charge is 2.35. The Morgan fingerprint density at radius 3 is 1.12 bits per heavy atom. The van der Waals surface area contributed by atoms with Crippen molar-refractivity contribution in [2.45, 2.75) is 111 Å². The van der Waals surface area contributed by atoms with E-state index in [4.69, 9.17) is 9.05 Å². The molecule has 188 valence electrons. The van der Waals surface area contributed by atoms with E-state index in [1.54, 1.807) is 0 Å². The molecule has 0 unspecified atom stereocenters. The highest BCUT2D eigenvalue weighted by atomic mass is 31.2. The van der Waals surface area contributed by atoms with Crippen LogP contribution in [0.4, 0.5) is 0 Å². The summed E-state index contributed by atoms with van der Waals surface area (Å²) in [6.07, 6.45) is 0.561. The Bertz CT molecular complexity index is 1060. The summed E-state index contributed by atoms with van der Waals surface area (Å²) in [6, 6.07) is 8.22. The summed E-state index contributed by atoms with van der Waals surface area (Å²) in [4.78, 5) is 10.7. The lowest BCUT2D eigenvalue weighted by Gasteiger charge is -2.34. The van der Waals surface area contributed by atoms with Crippen molar-refractivity contribution in [3.05, 3.63) is 57.6 Å². The molecule has 0 fully saturated rings. The molecule has 5 heteroatoms. The second-order valence-electron chi connectivity index (χ2n) is 13.8. The predicted octanol–water partition coefficient (Wildman–Crippen LogP) is 8.34. The quantitative estimate of drug-likeness (QED) is 0.380. The van der Waals surface area contributed by atoms with Crippen LogP contribution in [0.15, 0.2) is 24.3 Å². The van der Waals surface area contributed by atoms with Gasteiger partial charge in [0.1, 0.15) is 11.5 Å². The van der Waals surface area contributed by atoms with Gasteiger partial charge in [0.05, 0.1) is 0 Å². The smallest absolute Gasteiger partial charge is 0.395 e. The Morgan fingerprint density at radius 2 is 0.853 bits per heavy atom. The zero-order valence-electron chi connectivity index (χ0n) is 23.1. The van der Waals surface area contributed by atoms with Gasteiger partial charge < -0.3 is 9.05 Å². The Labute approximate surface area is 206 Å². The molecular formula is C29H43O4P. The van der Waals surface area contributed by atoms with Crippen molar-refractivity contribution < 1.29 is 18.5 Å². The van der Waals surface area contributed by atoms with Crippen LogP contribution in [0, 0.1) is 0 Å². The Kier molecular flexibility index (Phi) is 6.42. The lowest BCUT2D eigenvalue weighted by atomic mass is 9.73. The highest BCUT2D eigenvalue weighted by molar-refractivity contribution is 7.48. The zero-order chi connectivity index (χ0) is 26.1. The maximum absolute atomic E-state index is 13.1. The molecule has 0 saturated heterocycles. The Balaban J connectivity index is 2.35. The van der Waals surface area contributed by atoms with E-state index < -0.39 is 7.82 Å². The van der Waals surface area contributed by atoms with Gasteiger partial charge in [-0.05, 0) is 67.2 Å². The van der Waals surface area contributed by atoms with Crippen molar-refractivity contribution in [3.8, 4) is 11.5 Å². The van der Waals surface area contributed by atoms with E-state index in [-0.39, 0.29) is 21.7 Å². The van der Waals surface area contributed by atoms with E-state index in [1.165, 1.54) is 11.1 Å². The fourth-order valence-electron chi connectivity index (χ4n) is 4.65. The number of phosphoric acid groups is 1. The van der Waals surface area contributed by atoms with Crippen molar-refractivity contribution in [3.63, 3.8) is 0 Å². The van der Waals surface area contributed by atoms with Gasteiger partial charge in [-0.25, -0.2) is 4.57 Å². The number of hydrogen-bond acceptors (Lipinski definition) is 3. The van der Waals surface area contributed by atoms with Crippen LogP contribution in [-0.4, -0.2) is 4.89 Å². The molecule has 1 aliphatic rings. The molecule has 2 aromatic carbocycles. The largest absolute Gasteiger partial charge is 0.584 e. The summed E-state index contributed by atoms with van der Waals surface area (Å²) < 4.78 is 24.5. The average molecular weight is 487 g/mol. The predicted molar refractivity (Wildman–Crippen MR) is 142 cm³/mol. The van der Waals surface area contributed by atoms with Crippen molar-refractivity contribution in [2.24, 2.45) is 0 Å². The third-order valence-corrected chi connectivity index (χ3v) is 7.30. The van der Waals surface area contributed by atoms with Gasteiger partial charge in [0, 0.05) is 6.42 Å². The molecular weight excluding hydrogens is 443 g/mol. The Hall–Kier alpha value is -1.77. The normalized spacial score (nSPS) is 16.5. The van der Waals surface area contributed by atoms with E-state index in [0.29, 0.717) is 17.9 Å². The fraction of sp³-hybridized carbons (Fsp3) is 0.586. The summed E-state index contributed by atoms with van der Waals surface area (Å²) in [7, 11) is -4.38. The maximum Gasteiger partial charge on any atom is 0.584 e. The van der Waals surface area contributed by atoms with Gasteiger partial charge in [0.2, 0.25) is 0 Å². The van der Waals surface area contributed by atoms with E-state index in [2.05, 4.69) is 95.2 Å². The van der Waals surface area contributed by atoms with Gasteiger partial charge in [-0.2, -0.15) is 0 Å². The van der Waals surface area contributed by atoms with Gasteiger partial charge in [0.25, 0.3) is 0 Å². The van der Waals surface area contributed by atoms with Crippen LogP contribution in [0.3, 0.4) is 0 Å². The molecule has 1 N–H and O–H groups in total. The molecule has 0 aromatic heterocycles. The van der Waals surface area contributed by atoms with Gasteiger partial charge in [0.15, 0.2) is 0 Å². The molecule has 0 atom stereocenters. The molecule has 0 spiro atoms. The van der Waals surface area contributed by atoms with Crippen molar-refractivity contribution in [1.29, 1.82) is 0 Å². The van der Waals surface area contributed by atoms with Gasteiger partial charge in [-0.15, -0.1) is 0 Å². The van der Waals surface area contributed by atoms with Crippen LogP contribution in [0.25, 0.3) is 0 Å². The van der Waals surface area contributed by atoms with Crippen molar-refractivity contribution >= 4 is 7.82 Å². The first-order valence-electron chi connectivity index (χ1n) is 12.2. The van der Waals surface area contributed by atoms with Gasteiger partial charge in [-0.3, -0.25) is 4.89 Å². The summed E-state index contributed by atoms with van der Waals surface area (Å²) in [5.74, 6) is 0.846. The van der Waals surface area contributed by atoms with Crippen LogP contribution >= 0.6 is 7.82 Å². The minimum Gasteiger partial charge on any atom is -0.395 e. The number of phosphoric ester groups is 1. The van der Waals surface area contributed by atoms with Crippen LogP contribution in [0.2, 0.25) is 0 Å². The SMILES string of the molecule is CC(C)(C)c1cc2c(cc1C(C)(C)C)OP(=O)(O)Oc1cc(C(C)(C)C)c(C(C)(C)C)cc1C2. The lowest BCUT2D eigenvalue weighted by molar-refractivity contribution is 0.286. The van der Waals surface area contributed by atoms with Gasteiger partial charge >= 0.3 is 7.82 Å². The molecule has 0 bridgehead atoms. The second-order valence-corrected chi connectivity index (χ2v) is 15.1.